The Labute approximate surface area is 110 Å². The lowest BCUT2D eigenvalue weighted by atomic mass is 9.99. The van der Waals surface area contributed by atoms with Gasteiger partial charge in [0.15, 0.2) is 5.69 Å². The van der Waals surface area contributed by atoms with Crippen LogP contribution in [0.3, 0.4) is 0 Å². The van der Waals surface area contributed by atoms with Crippen LogP contribution in [0.4, 0.5) is 0 Å². The average Bonchev–Trinajstić information content (AvgIpc) is 2.75. The van der Waals surface area contributed by atoms with Gasteiger partial charge < -0.3 is 15.7 Å². The van der Waals surface area contributed by atoms with E-state index in [0.29, 0.717) is 13.1 Å². The van der Waals surface area contributed by atoms with Crippen LogP contribution in [0.15, 0.2) is 6.20 Å². The Hall–Kier alpha value is -1.96. The maximum Gasteiger partial charge on any atom is 0.358 e. The van der Waals surface area contributed by atoms with Crippen LogP contribution in [-0.4, -0.2) is 56.0 Å². The molecule has 0 aliphatic carbocycles. The molecule has 2 heterocycles. The van der Waals surface area contributed by atoms with Crippen molar-refractivity contribution in [3.8, 4) is 0 Å². The van der Waals surface area contributed by atoms with Crippen molar-refractivity contribution < 1.29 is 14.7 Å². The first-order valence-electron chi connectivity index (χ1n) is 6.09. The minimum atomic E-state index is -1.11. The van der Waals surface area contributed by atoms with Crippen LogP contribution in [0.25, 0.3) is 0 Å². The summed E-state index contributed by atoms with van der Waals surface area (Å²) in [6, 6.07) is -0.193. The molecule has 2 unspecified atom stereocenters. The van der Waals surface area contributed by atoms with Gasteiger partial charge in [-0.1, -0.05) is 12.1 Å². The molecule has 1 aromatic rings. The second kappa shape index (κ2) is 4.96. The maximum absolute atomic E-state index is 12.0. The van der Waals surface area contributed by atoms with E-state index in [1.165, 1.54) is 10.9 Å². The number of hydrogen-bond donors (Lipinski definition) is 2. The molecule has 0 saturated carbocycles. The van der Waals surface area contributed by atoms with E-state index in [1.807, 2.05) is 0 Å². The Morgan fingerprint density at radius 1 is 1.47 bits per heavy atom. The number of carboxylic acids is 1. The number of nitrogens with two attached hydrogens (primary N) is 1. The van der Waals surface area contributed by atoms with Crippen LogP contribution in [0, 0.1) is 5.92 Å². The molecule has 0 bridgehead atoms. The molecule has 8 nitrogen and oxygen atoms in total. The van der Waals surface area contributed by atoms with Gasteiger partial charge in [0.1, 0.15) is 0 Å². The summed E-state index contributed by atoms with van der Waals surface area (Å²) in [5.74, 6) is -1.31. The average molecular weight is 267 g/mol. The fourth-order valence-corrected chi connectivity index (χ4v) is 1.87. The number of likely N-dealkylation sites (tertiary alicyclic amines) is 1. The number of carbonyl (C=O) groups is 2. The Balaban J connectivity index is 1.92. The highest BCUT2D eigenvalue weighted by Crippen LogP contribution is 2.22. The van der Waals surface area contributed by atoms with Gasteiger partial charge in [0, 0.05) is 19.1 Å². The molecule has 1 aliphatic heterocycles. The second-order valence-electron chi connectivity index (χ2n) is 4.93. The van der Waals surface area contributed by atoms with E-state index in [9.17, 15) is 9.59 Å². The molecular weight excluding hydrogens is 250 g/mol. The predicted molar refractivity (Wildman–Crippen MR) is 65.4 cm³/mol. The zero-order chi connectivity index (χ0) is 14.2. The number of nitrogens with zero attached hydrogens (tertiary/aromatic N) is 4. The molecule has 1 fully saturated rings. The topological polar surface area (TPSA) is 114 Å². The van der Waals surface area contributed by atoms with E-state index in [1.54, 1.807) is 18.7 Å². The second-order valence-corrected chi connectivity index (χ2v) is 4.93. The van der Waals surface area contributed by atoms with Crippen molar-refractivity contribution in [3.05, 3.63) is 11.9 Å². The first kappa shape index (κ1) is 13.5. The number of hydrogen-bond acceptors (Lipinski definition) is 5. The van der Waals surface area contributed by atoms with Gasteiger partial charge in [0.2, 0.25) is 5.91 Å². The molecule has 0 radical (unpaired) electrons. The summed E-state index contributed by atoms with van der Waals surface area (Å²) in [6.07, 6.45) is 1.38. The van der Waals surface area contributed by atoms with Crippen molar-refractivity contribution in [2.24, 2.45) is 11.7 Å². The molecule has 2 atom stereocenters. The third kappa shape index (κ3) is 2.58. The van der Waals surface area contributed by atoms with Gasteiger partial charge >= 0.3 is 5.97 Å². The number of carboxylic acid groups (broad SMARTS) is 1. The van der Waals surface area contributed by atoms with Gasteiger partial charge in [-0.25, -0.2) is 9.48 Å². The third-order valence-electron chi connectivity index (χ3n) is 3.46. The number of carbonyl (C=O) groups excluding carboxylic acids is 1. The number of amides is 1. The minimum Gasteiger partial charge on any atom is -0.476 e. The lowest BCUT2D eigenvalue weighted by molar-refractivity contribution is -0.141. The van der Waals surface area contributed by atoms with E-state index in [-0.39, 0.29) is 29.6 Å². The van der Waals surface area contributed by atoms with Crippen molar-refractivity contribution >= 4 is 11.9 Å². The molecule has 1 saturated heterocycles. The standard InChI is InChI=1S/C11H17N5O3/c1-6(7(2)12)10(17)15-3-8(4-15)16-5-9(11(18)19)13-14-16/h5-8H,3-4,12H2,1-2H3,(H,18,19). The van der Waals surface area contributed by atoms with E-state index >= 15 is 0 Å². The molecule has 0 aromatic carbocycles. The highest BCUT2D eigenvalue weighted by Gasteiger charge is 2.35. The monoisotopic (exact) mass is 267 g/mol. The molecule has 1 amide bonds. The van der Waals surface area contributed by atoms with E-state index in [2.05, 4.69) is 10.3 Å². The van der Waals surface area contributed by atoms with Gasteiger partial charge in [-0.05, 0) is 6.92 Å². The Kier molecular flexibility index (Phi) is 3.52. The summed E-state index contributed by atoms with van der Waals surface area (Å²) in [6.45, 7) is 4.63. The van der Waals surface area contributed by atoms with E-state index in [0.717, 1.165) is 0 Å². The number of aromatic carboxylic acids is 1. The predicted octanol–water partition coefficient (Wildman–Crippen LogP) is -0.657. The van der Waals surface area contributed by atoms with Crippen molar-refractivity contribution in [3.63, 3.8) is 0 Å². The van der Waals surface area contributed by atoms with Gasteiger partial charge in [-0.15, -0.1) is 5.10 Å². The third-order valence-corrected chi connectivity index (χ3v) is 3.46. The van der Waals surface area contributed by atoms with Crippen molar-refractivity contribution in [1.29, 1.82) is 0 Å². The smallest absolute Gasteiger partial charge is 0.358 e. The molecule has 1 aliphatic rings. The number of aromatic nitrogens is 3. The van der Waals surface area contributed by atoms with Gasteiger partial charge in [-0.2, -0.15) is 0 Å². The molecule has 0 spiro atoms. The van der Waals surface area contributed by atoms with Gasteiger partial charge in [0.25, 0.3) is 0 Å². The zero-order valence-corrected chi connectivity index (χ0v) is 10.9. The normalized spacial score (nSPS) is 18.8. The quantitative estimate of drug-likeness (QED) is 0.748. The molecule has 8 heteroatoms. The summed E-state index contributed by atoms with van der Waals surface area (Å²) < 4.78 is 1.49. The Morgan fingerprint density at radius 3 is 2.58 bits per heavy atom. The van der Waals surface area contributed by atoms with Gasteiger partial charge in [0.05, 0.1) is 18.2 Å². The Morgan fingerprint density at radius 2 is 2.11 bits per heavy atom. The highest BCUT2D eigenvalue weighted by atomic mass is 16.4. The molecule has 2 rings (SSSR count). The molecule has 19 heavy (non-hydrogen) atoms. The van der Waals surface area contributed by atoms with Crippen LogP contribution in [-0.2, 0) is 4.79 Å². The van der Waals surface area contributed by atoms with Crippen molar-refractivity contribution in [1.82, 2.24) is 19.9 Å². The van der Waals surface area contributed by atoms with Crippen LogP contribution in [0.5, 0.6) is 0 Å². The summed E-state index contributed by atoms with van der Waals surface area (Å²) in [7, 11) is 0. The van der Waals surface area contributed by atoms with Crippen molar-refractivity contribution in [2.75, 3.05) is 13.1 Å². The summed E-state index contributed by atoms with van der Waals surface area (Å²) in [4.78, 5) is 24.3. The van der Waals surface area contributed by atoms with Crippen molar-refractivity contribution in [2.45, 2.75) is 25.9 Å². The largest absolute Gasteiger partial charge is 0.476 e. The highest BCUT2D eigenvalue weighted by molar-refractivity contribution is 5.84. The minimum absolute atomic E-state index is 0.00942. The number of rotatable bonds is 4. The molecule has 1 aromatic heterocycles. The summed E-state index contributed by atoms with van der Waals surface area (Å²) >= 11 is 0. The van der Waals surface area contributed by atoms with Crippen LogP contribution in [0.1, 0.15) is 30.4 Å². The van der Waals surface area contributed by atoms with Gasteiger partial charge in [-0.3, -0.25) is 4.79 Å². The first-order chi connectivity index (χ1) is 8.90. The van der Waals surface area contributed by atoms with Crippen LogP contribution in [0.2, 0.25) is 0 Å². The van der Waals surface area contributed by atoms with E-state index < -0.39 is 5.97 Å². The summed E-state index contributed by atoms with van der Waals surface area (Å²) in [5.41, 5.74) is 5.61. The molecular formula is C11H17N5O3. The fourth-order valence-electron chi connectivity index (χ4n) is 1.87. The first-order valence-corrected chi connectivity index (χ1v) is 6.09. The lowest BCUT2D eigenvalue weighted by Gasteiger charge is -2.40. The summed E-state index contributed by atoms with van der Waals surface area (Å²) in [5, 5.41) is 16.0. The SMILES string of the molecule is CC(N)C(C)C(=O)N1CC(n2cc(C(=O)O)nn2)C1. The Bertz CT molecular complexity index is 492. The van der Waals surface area contributed by atoms with E-state index in [4.69, 9.17) is 10.8 Å². The van der Waals surface area contributed by atoms with Crippen LogP contribution >= 0.6 is 0 Å². The lowest BCUT2D eigenvalue weighted by Crippen LogP contribution is -2.54. The van der Waals surface area contributed by atoms with Crippen LogP contribution < -0.4 is 5.73 Å². The fraction of sp³-hybridized carbons (Fsp3) is 0.636. The molecule has 3 N–H and O–H groups in total. The maximum atomic E-state index is 12.0. The zero-order valence-electron chi connectivity index (χ0n) is 10.9. The molecule has 104 valence electrons.